The molecule has 5 heteroatoms. The van der Waals surface area contributed by atoms with Gasteiger partial charge < -0.3 is 5.32 Å². The molecule has 0 amide bonds. The predicted octanol–water partition coefficient (Wildman–Crippen LogP) is 3.50. The molecule has 0 atom stereocenters. The van der Waals surface area contributed by atoms with Crippen LogP contribution in [-0.4, -0.2) is 15.4 Å². The maximum atomic E-state index is 11.0. The molecule has 1 saturated carbocycles. The van der Waals surface area contributed by atoms with Gasteiger partial charge in [0.25, 0.3) is 5.69 Å². The van der Waals surface area contributed by atoms with Gasteiger partial charge >= 0.3 is 0 Å². The number of hydrogen-bond donors (Lipinski definition) is 1. The van der Waals surface area contributed by atoms with Gasteiger partial charge in [-0.15, -0.1) is 0 Å². The Morgan fingerprint density at radius 2 is 2.11 bits per heavy atom. The van der Waals surface area contributed by atoms with Gasteiger partial charge in [-0.05, 0) is 38.3 Å². The number of fused-ring (bicyclic) bond motifs is 1. The Kier molecular flexibility index (Phi) is 2.62. The summed E-state index contributed by atoms with van der Waals surface area (Å²) in [5, 5.41) is 16.0. The molecular formula is C14H15N3O2. The molecule has 0 saturated heterocycles. The zero-order chi connectivity index (χ0) is 13.5. The number of nitro benzene ring substituents is 1. The van der Waals surface area contributed by atoms with Crippen molar-refractivity contribution in [1.29, 1.82) is 0 Å². The Bertz CT molecular complexity index is 650. The molecule has 2 aromatic rings. The van der Waals surface area contributed by atoms with Crippen LogP contribution in [0.2, 0.25) is 0 Å². The molecular weight excluding hydrogens is 242 g/mol. The van der Waals surface area contributed by atoms with Crippen molar-refractivity contribution in [3.8, 4) is 0 Å². The van der Waals surface area contributed by atoms with Gasteiger partial charge in [0.15, 0.2) is 0 Å². The van der Waals surface area contributed by atoms with E-state index in [1.165, 1.54) is 6.42 Å². The average Bonchev–Trinajstić information content (AvgIpc) is 2.37. The van der Waals surface area contributed by atoms with Crippen molar-refractivity contribution in [2.45, 2.75) is 31.7 Å². The largest absolute Gasteiger partial charge is 0.379 e. The molecule has 1 N–H and O–H groups in total. The molecule has 3 rings (SSSR count). The molecule has 1 aliphatic rings. The summed E-state index contributed by atoms with van der Waals surface area (Å²) in [5.41, 5.74) is 1.16. The van der Waals surface area contributed by atoms with Crippen LogP contribution in [-0.2, 0) is 0 Å². The highest BCUT2D eigenvalue weighted by atomic mass is 16.6. The molecule has 1 heterocycles. The summed E-state index contributed by atoms with van der Waals surface area (Å²) >= 11 is 0. The SMILES string of the molecule is CC1(Nc2ccc([N+](=O)[O-])c3ccncc23)CCC1. The summed E-state index contributed by atoms with van der Waals surface area (Å²) in [4.78, 5) is 14.8. The summed E-state index contributed by atoms with van der Waals surface area (Å²) < 4.78 is 0. The summed E-state index contributed by atoms with van der Waals surface area (Å²) in [5.74, 6) is 0. The minimum Gasteiger partial charge on any atom is -0.379 e. The number of rotatable bonds is 3. The Morgan fingerprint density at radius 3 is 2.74 bits per heavy atom. The van der Waals surface area contributed by atoms with E-state index >= 15 is 0 Å². The lowest BCUT2D eigenvalue weighted by Crippen LogP contribution is -2.41. The van der Waals surface area contributed by atoms with Crippen LogP contribution in [0, 0.1) is 10.1 Å². The van der Waals surface area contributed by atoms with E-state index in [-0.39, 0.29) is 16.1 Å². The van der Waals surface area contributed by atoms with Crippen molar-refractivity contribution < 1.29 is 4.92 Å². The number of nitrogens with zero attached hydrogens (tertiary/aromatic N) is 2. The van der Waals surface area contributed by atoms with Crippen LogP contribution in [0.1, 0.15) is 26.2 Å². The summed E-state index contributed by atoms with van der Waals surface area (Å²) in [6, 6.07) is 5.04. The number of pyridine rings is 1. The molecule has 1 fully saturated rings. The molecule has 0 radical (unpaired) electrons. The highest BCUT2D eigenvalue weighted by Gasteiger charge is 2.32. The minimum atomic E-state index is -0.350. The van der Waals surface area contributed by atoms with Crippen LogP contribution in [0.15, 0.2) is 30.6 Å². The van der Waals surface area contributed by atoms with Crippen LogP contribution < -0.4 is 5.32 Å². The molecule has 1 aromatic carbocycles. The molecule has 1 aliphatic carbocycles. The first-order valence-electron chi connectivity index (χ1n) is 6.38. The van der Waals surface area contributed by atoms with Crippen molar-refractivity contribution in [3.63, 3.8) is 0 Å². The van der Waals surface area contributed by atoms with E-state index in [0.29, 0.717) is 5.39 Å². The lowest BCUT2D eigenvalue weighted by atomic mass is 9.78. The molecule has 0 unspecified atom stereocenters. The molecule has 5 nitrogen and oxygen atoms in total. The second kappa shape index (κ2) is 4.19. The summed E-state index contributed by atoms with van der Waals surface area (Å²) in [6.45, 7) is 2.18. The van der Waals surface area contributed by atoms with Gasteiger partial charge in [0.1, 0.15) is 0 Å². The number of hydrogen-bond acceptors (Lipinski definition) is 4. The minimum absolute atomic E-state index is 0.110. The average molecular weight is 257 g/mol. The zero-order valence-corrected chi connectivity index (χ0v) is 10.7. The topological polar surface area (TPSA) is 68.1 Å². The first-order valence-corrected chi connectivity index (χ1v) is 6.38. The highest BCUT2D eigenvalue weighted by molar-refractivity contribution is 5.99. The molecule has 98 valence electrons. The van der Waals surface area contributed by atoms with Crippen LogP contribution >= 0.6 is 0 Å². The second-order valence-corrected chi connectivity index (χ2v) is 5.35. The van der Waals surface area contributed by atoms with Crippen molar-refractivity contribution in [2.24, 2.45) is 0 Å². The van der Waals surface area contributed by atoms with Gasteiger partial charge in [0.05, 0.1) is 10.3 Å². The fourth-order valence-corrected chi connectivity index (χ4v) is 2.60. The lowest BCUT2D eigenvalue weighted by Gasteiger charge is -2.40. The Morgan fingerprint density at radius 1 is 1.32 bits per heavy atom. The fraction of sp³-hybridized carbons (Fsp3) is 0.357. The van der Waals surface area contributed by atoms with Crippen molar-refractivity contribution >= 4 is 22.1 Å². The van der Waals surface area contributed by atoms with Gasteiger partial charge in [-0.3, -0.25) is 15.1 Å². The monoisotopic (exact) mass is 257 g/mol. The van der Waals surface area contributed by atoms with Gasteiger partial charge in [0.2, 0.25) is 0 Å². The number of benzene rings is 1. The standard InChI is InChI=1S/C14H15N3O2/c1-14(6-2-7-14)16-12-3-4-13(17(18)19)10-5-8-15-9-11(10)12/h3-5,8-9,16H,2,6-7H2,1H3. The number of non-ortho nitro benzene ring substituents is 1. The van der Waals surface area contributed by atoms with Crippen molar-refractivity contribution in [2.75, 3.05) is 5.32 Å². The number of nitro groups is 1. The molecule has 19 heavy (non-hydrogen) atoms. The lowest BCUT2D eigenvalue weighted by molar-refractivity contribution is -0.383. The van der Waals surface area contributed by atoms with E-state index in [4.69, 9.17) is 0 Å². The summed E-state index contributed by atoms with van der Waals surface area (Å²) in [6.07, 6.45) is 6.76. The predicted molar refractivity (Wildman–Crippen MR) is 74.3 cm³/mol. The van der Waals surface area contributed by atoms with E-state index in [9.17, 15) is 10.1 Å². The third-order valence-corrected chi connectivity index (χ3v) is 3.89. The molecule has 0 aliphatic heterocycles. The van der Waals surface area contributed by atoms with Crippen LogP contribution in [0.5, 0.6) is 0 Å². The van der Waals surface area contributed by atoms with Gasteiger partial charge in [-0.25, -0.2) is 0 Å². The quantitative estimate of drug-likeness (QED) is 0.675. The molecule has 0 spiro atoms. The van der Waals surface area contributed by atoms with Gasteiger partial charge in [-0.1, -0.05) is 0 Å². The summed E-state index contributed by atoms with van der Waals surface area (Å²) in [7, 11) is 0. The third-order valence-electron chi connectivity index (χ3n) is 3.89. The van der Waals surface area contributed by atoms with E-state index in [2.05, 4.69) is 17.2 Å². The number of aromatic nitrogens is 1. The van der Waals surface area contributed by atoms with Gasteiger partial charge in [0, 0.05) is 35.1 Å². The maximum Gasteiger partial charge on any atom is 0.277 e. The van der Waals surface area contributed by atoms with E-state index in [0.717, 1.165) is 23.9 Å². The van der Waals surface area contributed by atoms with E-state index in [1.807, 2.05) is 0 Å². The Balaban J connectivity index is 2.11. The number of anilines is 1. The highest BCUT2D eigenvalue weighted by Crippen LogP contribution is 2.38. The van der Waals surface area contributed by atoms with Crippen LogP contribution in [0.4, 0.5) is 11.4 Å². The third kappa shape index (κ3) is 2.01. The normalized spacial score (nSPS) is 16.9. The second-order valence-electron chi connectivity index (χ2n) is 5.35. The van der Waals surface area contributed by atoms with E-state index < -0.39 is 0 Å². The zero-order valence-electron chi connectivity index (χ0n) is 10.7. The van der Waals surface area contributed by atoms with Crippen LogP contribution in [0.3, 0.4) is 0 Å². The smallest absolute Gasteiger partial charge is 0.277 e. The van der Waals surface area contributed by atoms with Crippen molar-refractivity contribution in [3.05, 3.63) is 40.7 Å². The fourth-order valence-electron chi connectivity index (χ4n) is 2.60. The molecule has 1 aromatic heterocycles. The first-order chi connectivity index (χ1) is 9.09. The maximum absolute atomic E-state index is 11.0. The molecule has 0 bridgehead atoms. The first kappa shape index (κ1) is 11.9. The Hall–Kier alpha value is -2.17. The van der Waals surface area contributed by atoms with E-state index in [1.54, 1.807) is 30.6 Å². The Labute approximate surface area is 110 Å². The van der Waals surface area contributed by atoms with Crippen molar-refractivity contribution in [1.82, 2.24) is 4.98 Å². The van der Waals surface area contributed by atoms with Crippen LogP contribution in [0.25, 0.3) is 10.8 Å². The van der Waals surface area contributed by atoms with Gasteiger partial charge in [-0.2, -0.15) is 0 Å². The number of nitrogens with one attached hydrogen (secondary N) is 1.